The molecule has 1 N–H and O–H groups in total. The van der Waals surface area contributed by atoms with Crippen molar-refractivity contribution in [1.82, 2.24) is 5.32 Å². The van der Waals surface area contributed by atoms with Crippen molar-refractivity contribution in [1.29, 1.82) is 0 Å². The zero-order valence-corrected chi connectivity index (χ0v) is 16.1. The molecule has 23 heavy (non-hydrogen) atoms. The average Bonchev–Trinajstić information content (AvgIpc) is 2.43. The standard InChI is InChI=1S/C17H23IN2O3/c1-10(2)16-17(22)19-14(9-23-11(3)21)8-12-7-13(18)5-6-15(12)20(16)4/h5-7,10,14,16H,8-9H2,1-4H3,(H,19,22)/t14-,16-/m0/s1. The highest BCUT2D eigenvalue weighted by atomic mass is 127. The van der Waals surface area contributed by atoms with Crippen LogP contribution in [-0.2, 0) is 20.7 Å². The van der Waals surface area contributed by atoms with Crippen molar-refractivity contribution < 1.29 is 14.3 Å². The Labute approximate surface area is 150 Å². The number of hydrogen-bond donors (Lipinski definition) is 1. The van der Waals surface area contributed by atoms with E-state index in [1.54, 1.807) is 0 Å². The Morgan fingerprint density at radius 2 is 2.17 bits per heavy atom. The van der Waals surface area contributed by atoms with E-state index < -0.39 is 0 Å². The van der Waals surface area contributed by atoms with Gasteiger partial charge in [-0.2, -0.15) is 0 Å². The van der Waals surface area contributed by atoms with Gasteiger partial charge in [-0.25, -0.2) is 0 Å². The number of carbonyl (C=O) groups is 2. The molecule has 0 saturated heterocycles. The fourth-order valence-electron chi connectivity index (χ4n) is 3.06. The first-order chi connectivity index (χ1) is 10.8. The van der Waals surface area contributed by atoms with Crippen LogP contribution in [0.5, 0.6) is 0 Å². The van der Waals surface area contributed by atoms with Gasteiger partial charge < -0.3 is 15.0 Å². The van der Waals surface area contributed by atoms with Gasteiger partial charge >= 0.3 is 5.97 Å². The molecule has 1 aromatic rings. The highest BCUT2D eigenvalue weighted by Gasteiger charge is 2.32. The maximum atomic E-state index is 12.7. The number of halogens is 1. The molecule has 0 saturated carbocycles. The summed E-state index contributed by atoms with van der Waals surface area (Å²) in [6, 6.07) is 5.77. The first kappa shape index (κ1) is 18.0. The number of rotatable bonds is 3. The summed E-state index contributed by atoms with van der Waals surface area (Å²) in [6.45, 7) is 5.65. The Bertz CT molecular complexity index is 604. The van der Waals surface area contributed by atoms with E-state index in [2.05, 4.69) is 40.0 Å². The Balaban J connectivity index is 2.39. The van der Waals surface area contributed by atoms with E-state index in [-0.39, 0.29) is 36.5 Å². The van der Waals surface area contributed by atoms with Crippen molar-refractivity contribution in [3.05, 3.63) is 27.3 Å². The van der Waals surface area contributed by atoms with Gasteiger partial charge in [0.1, 0.15) is 12.6 Å². The molecular weight excluding hydrogens is 407 g/mol. The quantitative estimate of drug-likeness (QED) is 0.591. The largest absolute Gasteiger partial charge is 0.464 e. The second-order valence-electron chi connectivity index (χ2n) is 6.29. The van der Waals surface area contributed by atoms with E-state index in [4.69, 9.17) is 4.74 Å². The fourth-order valence-corrected chi connectivity index (χ4v) is 3.61. The molecule has 5 nitrogen and oxygen atoms in total. The van der Waals surface area contributed by atoms with Gasteiger partial charge in [0.05, 0.1) is 6.04 Å². The van der Waals surface area contributed by atoms with E-state index in [9.17, 15) is 9.59 Å². The minimum Gasteiger partial charge on any atom is -0.464 e. The fraction of sp³-hybridized carbons (Fsp3) is 0.529. The highest BCUT2D eigenvalue weighted by Crippen LogP contribution is 2.28. The second kappa shape index (κ2) is 7.51. The van der Waals surface area contributed by atoms with Crippen LogP contribution in [0.3, 0.4) is 0 Å². The van der Waals surface area contributed by atoms with Crippen molar-refractivity contribution >= 4 is 40.2 Å². The van der Waals surface area contributed by atoms with Crippen LogP contribution in [-0.4, -0.2) is 37.6 Å². The van der Waals surface area contributed by atoms with Gasteiger partial charge in [-0.05, 0) is 58.7 Å². The van der Waals surface area contributed by atoms with Crippen LogP contribution in [0, 0.1) is 9.49 Å². The lowest BCUT2D eigenvalue weighted by Crippen LogP contribution is -2.54. The Hall–Kier alpha value is -1.31. The number of hydrogen-bond acceptors (Lipinski definition) is 4. The van der Waals surface area contributed by atoms with Crippen molar-refractivity contribution in [2.75, 3.05) is 18.6 Å². The van der Waals surface area contributed by atoms with Crippen LogP contribution >= 0.6 is 22.6 Å². The van der Waals surface area contributed by atoms with Crippen LogP contribution < -0.4 is 10.2 Å². The molecule has 0 aliphatic carbocycles. The summed E-state index contributed by atoms with van der Waals surface area (Å²) >= 11 is 2.29. The molecule has 2 rings (SSSR count). The predicted octanol–water partition coefficient (Wildman–Crippen LogP) is 2.36. The number of nitrogens with one attached hydrogen (secondary N) is 1. The van der Waals surface area contributed by atoms with Crippen LogP contribution in [0.1, 0.15) is 26.3 Å². The topological polar surface area (TPSA) is 58.6 Å². The molecule has 0 spiro atoms. The molecule has 1 amide bonds. The lowest BCUT2D eigenvalue weighted by molar-refractivity contribution is -0.142. The van der Waals surface area contributed by atoms with Gasteiger partial charge in [0.2, 0.25) is 5.91 Å². The van der Waals surface area contributed by atoms with Gasteiger partial charge in [-0.1, -0.05) is 13.8 Å². The molecule has 0 fully saturated rings. The Morgan fingerprint density at radius 1 is 1.48 bits per heavy atom. The molecular formula is C17H23IN2O3. The number of benzene rings is 1. The number of fused-ring (bicyclic) bond motifs is 1. The van der Waals surface area contributed by atoms with Crippen LogP contribution in [0.4, 0.5) is 5.69 Å². The van der Waals surface area contributed by atoms with E-state index in [1.165, 1.54) is 6.92 Å². The number of nitrogens with zero attached hydrogens (tertiary/aromatic N) is 1. The minimum absolute atomic E-state index is 0.0242. The average molecular weight is 430 g/mol. The van der Waals surface area contributed by atoms with Gasteiger partial charge in [0.15, 0.2) is 0 Å². The molecule has 1 heterocycles. The van der Waals surface area contributed by atoms with E-state index >= 15 is 0 Å². The minimum atomic E-state index is -0.332. The molecule has 0 aromatic heterocycles. The molecule has 0 unspecified atom stereocenters. The maximum Gasteiger partial charge on any atom is 0.302 e. The molecule has 1 aromatic carbocycles. The summed E-state index contributed by atoms with van der Waals surface area (Å²) in [5, 5.41) is 3.04. The zero-order valence-electron chi connectivity index (χ0n) is 13.9. The third kappa shape index (κ3) is 4.37. The van der Waals surface area contributed by atoms with Gasteiger partial charge in [0.25, 0.3) is 0 Å². The Kier molecular flexibility index (Phi) is 5.89. The summed E-state index contributed by atoms with van der Waals surface area (Å²) in [7, 11) is 1.96. The van der Waals surface area contributed by atoms with Crippen molar-refractivity contribution in [3.63, 3.8) is 0 Å². The van der Waals surface area contributed by atoms with Crippen LogP contribution in [0.2, 0.25) is 0 Å². The smallest absolute Gasteiger partial charge is 0.302 e. The third-order valence-electron chi connectivity index (χ3n) is 4.04. The molecule has 1 aliphatic rings. The Morgan fingerprint density at radius 3 is 2.78 bits per heavy atom. The SMILES string of the molecule is CC(=O)OC[C@@H]1Cc2cc(I)ccc2N(C)[C@@H](C(C)C)C(=O)N1. The summed E-state index contributed by atoms with van der Waals surface area (Å²) in [5.74, 6) is -0.190. The lowest BCUT2D eigenvalue weighted by atomic mass is 9.95. The molecule has 0 bridgehead atoms. The van der Waals surface area contributed by atoms with Crippen molar-refractivity contribution in [2.24, 2.45) is 5.92 Å². The number of ether oxygens (including phenoxy) is 1. The van der Waals surface area contributed by atoms with Gasteiger partial charge in [-0.15, -0.1) is 0 Å². The molecule has 6 heteroatoms. The van der Waals surface area contributed by atoms with Gasteiger partial charge in [0, 0.05) is 23.2 Å². The summed E-state index contributed by atoms with van der Waals surface area (Å²) in [4.78, 5) is 25.8. The van der Waals surface area contributed by atoms with E-state index in [1.807, 2.05) is 31.9 Å². The number of amides is 1. The first-order valence-electron chi connectivity index (χ1n) is 7.74. The first-order valence-corrected chi connectivity index (χ1v) is 8.82. The van der Waals surface area contributed by atoms with Gasteiger partial charge in [-0.3, -0.25) is 9.59 Å². The van der Waals surface area contributed by atoms with Crippen LogP contribution in [0.25, 0.3) is 0 Å². The normalized spacial score (nSPS) is 21.3. The predicted molar refractivity (Wildman–Crippen MR) is 98.5 cm³/mol. The maximum absolute atomic E-state index is 12.7. The van der Waals surface area contributed by atoms with E-state index in [0.717, 1.165) is 14.8 Å². The molecule has 0 radical (unpaired) electrons. The summed E-state index contributed by atoms with van der Waals surface area (Å²) in [6.07, 6.45) is 0.639. The third-order valence-corrected chi connectivity index (χ3v) is 4.71. The summed E-state index contributed by atoms with van der Waals surface area (Å²) < 4.78 is 6.27. The number of carbonyl (C=O) groups excluding carboxylic acids is 2. The number of esters is 1. The van der Waals surface area contributed by atoms with Crippen molar-refractivity contribution in [2.45, 2.75) is 39.3 Å². The lowest BCUT2D eigenvalue weighted by Gasteiger charge is -2.37. The van der Waals surface area contributed by atoms with Crippen molar-refractivity contribution in [3.8, 4) is 0 Å². The number of anilines is 1. The van der Waals surface area contributed by atoms with E-state index in [0.29, 0.717) is 6.42 Å². The zero-order chi connectivity index (χ0) is 17.1. The highest BCUT2D eigenvalue weighted by molar-refractivity contribution is 14.1. The number of likely N-dealkylation sites (N-methyl/N-ethyl adjacent to an activating group) is 1. The second-order valence-corrected chi connectivity index (χ2v) is 7.53. The van der Waals surface area contributed by atoms with Crippen LogP contribution in [0.15, 0.2) is 18.2 Å². The molecule has 1 aliphatic heterocycles. The monoisotopic (exact) mass is 430 g/mol. The summed E-state index contributed by atoms with van der Waals surface area (Å²) in [5.41, 5.74) is 2.22. The molecule has 2 atom stereocenters. The molecule has 126 valence electrons.